The Balaban J connectivity index is 1.64. The SMILES string of the molecule is Cc1cc(/C=C2\SC(=Nc3ccc(Cl)c(Cl)c3)NC2=O)c(C)n1-c1cccc(Cl)c1. The maximum atomic E-state index is 12.5. The minimum Gasteiger partial charge on any atom is -0.318 e. The van der Waals surface area contributed by atoms with Crippen molar-refractivity contribution in [1.82, 2.24) is 9.88 Å². The standard InChI is InChI=1S/C22H16Cl3N3OS/c1-12-8-14(13(2)28(12)17-5-3-4-15(23)10-17)9-20-21(29)27-22(30-20)26-16-6-7-18(24)19(25)11-16/h3-11H,1-2H3,(H,26,27,29)/b20-9-. The van der Waals surface area contributed by atoms with Crippen LogP contribution in [0.3, 0.4) is 0 Å². The Morgan fingerprint density at radius 1 is 1.03 bits per heavy atom. The van der Waals surface area contributed by atoms with Crippen molar-refractivity contribution in [2.24, 2.45) is 4.99 Å². The van der Waals surface area contributed by atoms with Crippen molar-refractivity contribution in [1.29, 1.82) is 0 Å². The van der Waals surface area contributed by atoms with Crippen LogP contribution in [-0.2, 0) is 4.79 Å². The van der Waals surface area contributed by atoms with Crippen molar-refractivity contribution >= 4 is 69.4 Å². The number of nitrogens with zero attached hydrogens (tertiary/aromatic N) is 2. The molecular weight excluding hydrogens is 461 g/mol. The molecule has 1 saturated heterocycles. The zero-order valence-electron chi connectivity index (χ0n) is 16.0. The van der Waals surface area contributed by atoms with E-state index in [1.807, 2.05) is 50.3 Å². The average Bonchev–Trinajstić information content (AvgIpc) is 3.17. The molecule has 1 fully saturated rings. The predicted molar refractivity (Wildman–Crippen MR) is 128 cm³/mol. The maximum Gasteiger partial charge on any atom is 0.264 e. The Labute approximate surface area is 193 Å². The number of aryl methyl sites for hydroxylation is 1. The highest BCUT2D eigenvalue weighted by Gasteiger charge is 2.24. The lowest BCUT2D eigenvalue weighted by Crippen LogP contribution is -2.19. The van der Waals surface area contributed by atoms with Gasteiger partial charge < -0.3 is 9.88 Å². The summed E-state index contributed by atoms with van der Waals surface area (Å²) in [6.07, 6.45) is 1.88. The second kappa shape index (κ2) is 8.52. The molecule has 2 heterocycles. The number of carbonyl (C=O) groups is 1. The van der Waals surface area contributed by atoms with Gasteiger partial charge in [0.1, 0.15) is 0 Å². The number of hydrogen-bond donors (Lipinski definition) is 1. The molecule has 30 heavy (non-hydrogen) atoms. The fraction of sp³-hybridized carbons (Fsp3) is 0.0909. The molecule has 8 heteroatoms. The number of amidine groups is 1. The van der Waals surface area contributed by atoms with Crippen molar-refractivity contribution in [2.75, 3.05) is 0 Å². The van der Waals surface area contributed by atoms with E-state index >= 15 is 0 Å². The highest BCUT2D eigenvalue weighted by atomic mass is 35.5. The zero-order valence-corrected chi connectivity index (χ0v) is 19.1. The Bertz CT molecular complexity index is 1230. The molecule has 0 spiro atoms. The second-order valence-electron chi connectivity index (χ2n) is 6.72. The zero-order chi connectivity index (χ0) is 21.4. The predicted octanol–water partition coefficient (Wildman–Crippen LogP) is 6.95. The summed E-state index contributed by atoms with van der Waals surface area (Å²) >= 11 is 19.4. The summed E-state index contributed by atoms with van der Waals surface area (Å²) in [7, 11) is 0. The van der Waals surface area contributed by atoms with Crippen LogP contribution in [0.25, 0.3) is 11.8 Å². The summed E-state index contributed by atoms with van der Waals surface area (Å²) in [4.78, 5) is 17.5. The van der Waals surface area contributed by atoms with Gasteiger partial charge in [0, 0.05) is 22.1 Å². The molecule has 0 aliphatic carbocycles. The minimum absolute atomic E-state index is 0.189. The van der Waals surface area contributed by atoms with E-state index in [9.17, 15) is 4.79 Å². The molecule has 0 bridgehead atoms. The molecule has 1 aliphatic rings. The number of aliphatic imine (C=N–C) groups is 1. The number of carbonyl (C=O) groups excluding carboxylic acids is 1. The van der Waals surface area contributed by atoms with Gasteiger partial charge in [-0.05, 0) is 79.7 Å². The lowest BCUT2D eigenvalue weighted by Gasteiger charge is -2.09. The first-order chi connectivity index (χ1) is 14.3. The van der Waals surface area contributed by atoms with Crippen molar-refractivity contribution in [3.63, 3.8) is 0 Å². The largest absolute Gasteiger partial charge is 0.318 e. The van der Waals surface area contributed by atoms with Gasteiger partial charge in [0.25, 0.3) is 5.91 Å². The molecule has 0 saturated carbocycles. The number of thioether (sulfide) groups is 1. The maximum absolute atomic E-state index is 12.5. The molecule has 1 amide bonds. The number of aromatic nitrogens is 1. The monoisotopic (exact) mass is 475 g/mol. The van der Waals surface area contributed by atoms with E-state index in [1.165, 1.54) is 11.8 Å². The van der Waals surface area contributed by atoms with Crippen molar-refractivity contribution in [2.45, 2.75) is 13.8 Å². The van der Waals surface area contributed by atoms with E-state index in [0.717, 1.165) is 22.6 Å². The molecule has 1 N–H and O–H groups in total. The number of rotatable bonds is 3. The van der Waals surface area contributed by atoms with Crippen LogP contribution in [0.1, 0.15) is 17.0 Å². The van der Waals surface area contributed by atoms with Gasteiger partial charge in [-0.2, -0.15) is 0 Å². The minimum atomic E-state index is -0.189. The molecule has 4 rings (SSSR count). The Kier molecular flexibility index (Phi) is 5.98. The van der Waals surface area contributed by atoms with Gasteiger partial charge >= 0.3 is 0 Å². The van der Waals surface area contributed by atoms with Crippen molar-refractivity contribution < 1.29 is 4.79 Å². The first-order valence-electron chi connectivity index (χ1n) is 9.01. The quantitative estimate of drug-likeness (QED) is 0.416. The molecule has 152 valence electrons. The molecule has 3 aromatic rings. The van der Waals surface area contributed by atoms with Gasteiger partial charge in [-0.25, -0.2) is 4.99 Å². The molecule has 1 aliphatic heterocycles. The van der Waals surface area contributed by atoms with Gasteiger partial charge in [0.2, 0.25) is 0 Å². The summed E-state index contributed by atoms with van der Waals surface area (Å²) in [5, 5.41) is 4.83. The third-order valence-electron chi connectivity index (χ3n) is 4.61. The van der Waals surface area contributed by atoms with Gasteiger partial charge in [-0.3, -0.25) is 4.79 Å². The molecule has 1 aromatic heterocycles. The fourth-order valence-corrected chi connectivity index (χ4v) is 4.55. The third kappa shape index (κ3) is 4.30. The van der Waals surface area contributed by atoms with Crippen LogP contribution < -0.4 is 5.32 Å². The van der Waals surface area contributed by atoms with Crippen molar-refractivity contribution in [3.8, 4) is 5.69 Å². The van der Waals surface area contributed by atoms with E-state index in [0.29, 0.717) is 30.8 Å². The lowest BCUT2D eigenvalue weighted by molar-refractivity contribution is -0.115. The number of benzene rings is 2. The fourth-order valence-electron chi connectivity index (χ4n) is 3.24. The summed E-state index contributed by atoms with van der Waals surface area (Å²) in [5.41, 5.74) is 4.63. The van der Waals surface area contributed by atoms with Gasteiger partial charge in [0.15, 0.2) is 5.17 Å². The summed E-state index contributed by atoms with van der Waals surface area (Å²) in [6.45, 7) is 4.04. The van der Waals surface area contributed by atoms with E-state index in [1.54, 1.807) is 18.2 Å². The Morgan fingerprint density at radius 2 is 1.83 bits per heavy atom. The van der Waals surface area contributed by atoms with Crippen LogP contribution in [0.4, 0.5) is 5.69 Å². The Morgan fingerprint density at radius 3 is 2.57 bits per heavy atom. The third-order valence-corrected chi connectivity index (χ3v) is 6.49. The first-order valence-corrected chi connectivity index (χ1v) is 11.0. The van der Waals surface area contributed by atoms with Gasteiger partial charge in [-0.15, -0.1) is 0 Å². The molecule has 4 nitrogen and oxygen atoms in total. The van der Waals surface area contributed by atoms with Crippen LogP contribution in [0.2, 0.25) is 15.1 Å². The van der Waals surface area contributed by atoms with E-state index in [2.05, 4.69) is 14.9 Å². The smallest absolute Gasteiger partial charge is 0.264 e. The van der Waals surface area contributed by atoms with Crippen LogP contribution in [0, 0.1) is 13.8 Å². The molecule has 0 radical (unpaired) electrons. The second-order valence-corrected chi connectivity index (χ2v) is 9.00. The van der Waals surface area contributed by atoms with Crippen LogP contribution in [0.5, 0.6) is 0 Å². The average molecular weight is 477 g/mol. The van der Waals surface area contributed by atoms with Crippen LogP contribution in [0.15, 0.2) is 58.4 Å². The number of hydrogen-bond acceptors (Lipinski definition) is 3. The van der Waals surface area contributed by atoms with E-state index in [-0.39, 0.29) is 5.91 Å². The van der Waals surface area contributed by atoms with Crippen LogP contribution in [-0.4, -0.2) is 15.6 Å². The number of amides is 1. The number of halogens is 3. The molecular formula is C22H16Cl3N3OS. The van der Waals surface area contributed by atoms with Crippen molar-refractivity contribution in [3.05, 3.63) is 85.5 Å². The van der Waals surface area contributed by atoms with Gasteiger partial charge in [-0.1, -0.05) is 40.9 Å². The highest BCUT2D eigenvalue weighted by Crippen LogP contribution is 2.32. The van der Waals surface area contributed by atoms with Gasteiger partial charge in [0.05, 0.1) is 20.6 Å². The summed E-state index contributed by atoms with van der Waals surface area (Å²) in [6, 6.07) is 14.8. The number of nitrogens with one attached hydrogen (secondary N) is 1. The Hall–Kier alpha value is -2.18. The molecule has 0 atom stereocenters. The van der Waals surface area contributed by atoms with E-state index in [4.69, 9.17) is 34.8 Å². The van der Waals surface area contributed by atoms with E-state index < -0.39 is 0 Å². The normalized spacial score (nSPS) is 16.5. The topological polar surface area (TPSA) is 46.4 Å². The highest BCUT2D eigenvalue weighted by molar-refractivity contribution is 8.18. The summed E-state index contributed by atoms with van der Waals surface area (Å²) < 4.78 is 2.11. The molecule has 2 aromatic carbocycles. The lowest BCUT2D eigenvalue weighted by atomic mass is 10.2. The van der Waals surface area contributed by atoms with Crippen LogP contribution >= 0.6 is 46.6 Å². The summed E-state index contributed by atoms with van der Waals surface area (Å²) in [5.74, 6) is -0.189. The first kappa shape index (κ1) is 21.1. The molecule has 0 unspecified atom stereocenters.